The lowest BCUT2D eigenvalue weighted by Gasteiger charge is -2.17. The maximum absolute atomic E-state index is 6.03. The summed E-state index contributed by atoms with van der Waals surface area (Å²) in [6.07, 6.45) is 2.59. The zero-order valence-corrected chi connectivity index (χ0v) is 9.09. The fraction of sp³-hybridized carbons (Fsp3) is 0.444. The molecule has 0 spiro atoms. The number of aromatic nitrogens is 1. The molecular formula is C9H11Cl2N3. The van der Waals surface area contributed by atoms with Crippen LogP contribution in [0.3, 0.4) is 0 Å². The van der Waals surface area contributed by atoms with Gasteiger partial charge in [-0.25, -0.2) is 4.98 Å². The number of pyridine rings is 1. The van der Waals surface area contributed by atoms with Crippen molar-refractivity contribution in [3.05, 3.63) is 22.3 Å². The number of hydrogen-bond donors (Lipinski definition) is 1. The Bertz CT molecular complexity index is 343. The highest BCUT2D eigenvalue weighted by Gasteiger charge is 2.21. The van der Waals surface area contributed by atoms with E-state index in [1.54, 1.807) is 12.3 Å². The average Bonchev–Trinajstić information content (AvgIpc) is 2.51. The van der Waals surface area contributed by atoms with Crippen LogP contribution >= 0.6 is 23.2 Å². The third-order valence-corrected chi connectivity index (χ3v) is 2.80. The average molecular weight is 232 g/mol. The smallest absolute Gasteiger partial charge is 0.147 e. The van der Waals surface area contributed by atoms with Gasteiger partial charge in [0, 0.05) is 25.3 Å². The van der Waals surface area contributed by atoms with Crippen LogP contribution in [-0.2, 0) is 0 Å². The number of hydrogen-bond acceptors (Lipinski definition) is 3. The molecule has 76 valence electrons. The molecule has 0 aromatic carbocycles. The lowest BCUT2D eigenvalue weighted by Crippen LogP contribution is -2.27. The summed E-state index contributed by atoms with van der Waals surface area (Å²) in [5.41, 5.74) is 5.80. The Morgan fingerprint density at radius 1 is 1.50 bits per heavy atom. The lowest BCUT2D eigenvalue weighted by atomic mass is 10.3. The van der Waals surface area contributed by atoms with E-state index < -0.39 is 0 Å². The summed E-state index contributed by atoms with van der Waals surface area (Å²) in [7, 11) is 0. The minimum atomic E-state index is 0.226. The summed E-state index contributed by atoms with van der Waals surface area (Å²) >= 11 is 11.8. The Morgan fingerprint density at radius 2 is 2.29 bits per heavy atom. The van der Waals surface area contributed by atoms with Gasteiger partial charge in [0.15, 0.2) is 0 Å². The Balaban J connectivity index is 2.24. The molecule has 14 heavy (non-hydrogen) atoms. The van der Waals surface area contributed by atoms with Crippen molar-refractivity contribution in [1.29, 1.82) is 0 Å². The third-order valence-electron chi connectivity index (χ3n) is 2.31. The number of rotatable bonds is 1. The normalized spacial score (nSPS) is 21.6. The van der Waals surface area contributed by atoms with Gasteiger partial charge in [-0.1, -0.05) is 23.2 Å². The summed E-state index contributed by atoms with van der Waals surface area (Å²) in [5, 5.41) is 1.15. The van der Waals surface area contributed by atoms with Crippen LogP contribution in [0.15, 0.2) is 12.3 Å². The fourth-order valence-corrected chi connectivity index (χ4v) is 2.12. The van der Waals surface area contributed by atoms with Crippen molar-refractivity contribution < 1.29 is 0 Å². The molecule has 2 rings (SSSR count). The van der Waals surface area contributed by atoms with E-state index >= 15 is 0 Å². The van der Waals surface area contributed by atoms with E-state index in [1.165, 1.54) is 0 Å². The van der Waals surface area contributed by atoms with Gasteiger partial charge in [0.1, 0.15) is 5.82 Å². The zero-order chi connectivity index (χ0) is 10.1. The summed E-state index contributed by atoms with van der Waals surface area (Å²) in [5.74, 6) is 0.781. The highest BCUT2D eigenvalue weighted by molar-refractivity contribution is 6.36. The van der Waals surface area contributed by atoms with Crippen LogP contribution in [0.4, 0.5) is 5.82 Å². The number of anilines is 1. The van der Waals surface area contributed by atoms with E-state index in [0.717, 1.165) is 25.3 Å². The first-order valence-corrected chi connectivity index (χ1v) is 5.24. The minimum absolute atomic E-state index is 0.226. The van der Waals surface area contributed by atoms with E-state index in [9.17, 15) is 0 Å². The molecule has 1 fully saturated rings. The molecule has 1 aromatic rings. The molecule has 3 nitrogen and oxygen atoms in total. The quantitative estimate of drug-likeness (QED) is 0.804. The van der Waals surface area contributed by atoms with Crippen molar-refractivity contribution in [2.45, 2.75) is 12.5 Å². The molecule has 1 unspecified atom stereocenters. The largest absolute Gasteiger partial charge is 0.354 e. The molecule has 1 aliphatic rings. The molecule has 1 atom stereocenters. The second-order valence-corrected chi connectivity index (χ2v) is 4.30. The molecular weight excluding hydrogens is 221 g/mol. The Labute approximate surface area is 92.8 Å². The second-order valence-electron chi connectivity index (χ2n) is 3.45. The van der Waals surface area contributed by atoms with Crippen molar-refractivity contribution in [2.24, 2.45) is 5.73 Å². The van der Waals surface area contributed by atoms with Gasteiger partial charge in [-0.2, -0.15) is 0 Å². The monoisotopic (exact) mass is 231 g/mol. The highest BCUT2D eigenvalue weighted by atomic mass is 35.5. The van der Waals surface area contributed by atoms with E-state index in [2.05, 4.69) is 9.88 Å². The molecule has 1 saturated heterocycles. The number of halogens is 2. The topological polar surface area (TPSA) is 42.1 Å². The van der Waals surface area contributed by atoms with Gasteiger partial charge >= 0.3 is 0 Å². The van der Waals surface area contributed by atoms with Gasteiger partial charge in [0.05, 0.1) is 10.0 Å². The number of nitrogens with zero attached hydrogens (tertiary/aromatic N) is 2. The summed E-state index contributed by atoms with van der Waals surface area (Å²) in [6, 6.07) is 1.93. The van der Waals surface area contributed by atoms with Crippen LogP contribution < -0.4 is 10.6 Å². The van der Waals surface area contributed by atoms with Gasteiger partial charge < -0.3 is 10.6 Å². The third kappa shape index (κ3) is 1.95. The van der Waals surface area contributed by atoms with Gasteiger partial charge in [-0.15, -0.1) is 0 Å². The van der Waals surface area contributed by atoms with E-state index in [0.29, 0.717) is 10.0 Å². The molecule has 0 bridgehead atoms. The van der Waals surface area contributed by atoms with E-state index in [-0.39, 0.29) is 6.04 Å². The molecule has 1 aliphatic heterocycles. The van der Waals surface area contributed by atoms with E-state index in [1.807, 2.05) is 0 Å². The maximum atomic E-state index is 6.03. The summed E-state index contributed by atoms with van der Waals surface area (Å²) < 4.78 is 0. The first-order chi connectivity index (χ1) is 6.66. The van der Waals surface area contributed by atoms with Crippen molar-refractivity contribution in [2.75, 3.05) is 18.0 Å². The Kier molecular flexibility index (Phi) is 2.81. The highest BCUT2D eigenvalue weighted by Crippen LogP contribution is 2.27. The molecule has 0 aliphatic carbocycles. The molecule has 0 saturated carbocycles. The predicted octanol–water partition coefficient (Wildman–Crippen LogP) is 1.93. The molecule has 5 heteroatoms. The van der Waals surface area contributed by atoms with Crippen LogP contribution in [0.25, 0.3) is 0 Å². The van der Waals surface area contributed by atoms with Crippen LogP contribution in [0.5, 0.6) is 0 Å². The minimum Gasteiger partial charge on any atom is -0.354 e. The van der Waals surface area contributed by atoms with Gasteiger partial charge in [0.2, 0.25) is 0 Å². The van der Waals surface area contributed by atoms with Crippen molar-refractivity contribution in [3.8, 4) is 0 Å². The molecule has 2 N–H and O–H groups in total. The Morgan fingerprint density at radius 3 is 2.86 bits per heavy atom. The van der Waals surface area contributed by atoms with E-state index in [4.69, 9.17) is 28.9 Å². The van der Waals surface area contributed by atoms with Crippen molar-refractivity contribution in [3.63, 3.8) is 0 Å². The van der Waals surface area contributed by atoms with Gasteiger partial charge in [-0.05, 0) is 12.5 Å². The van der Waals surface area contributed by atoms with Gasteiger partial charge in [0.25, 0.3) is 0 Å². The van der Waals surface area contributed by atoms with Crippen LogP contribution in [0.2, 0.25) is 10.0 Å². The summed E-state index contributed by atoms with van der Waals surface area (Å²) in [6.45, 7) is 1.73. The first-order valence-electron chi connectivity index (χ1n) is 4.48. The SMILES string of the molecule is NC1CCN(c2ncc(Cl)cc2Cl)C1. The molecule has 1 aromatic heterocycles. The predicted molar refractivity (Wildman–Crippen MR) is 59.1 cm³/mol. The van der Waals surface area contributed by atoms with Crippen LogP contribution in [0, 0.1) is 0 Å². The second kappa shape index (κ2) is 3.93. The number of nitrogens with two attached hydrogens (primary N) is 1. The maximum Gasteiger partial charge on any atom is 0.147 e. The lowest BCUT2D eigenvalue weighted by molar-refractivity contribution is 0.751. The Hall–Kier alpha value is -0.510. The standard InChI is InChI=1S/C9H11Cl2N3/c10-6-3-8(11)9(13-4-6)14-2-1-7(12)5-14/h3-4,7H,1-2,5,12H2. The van der Waals surface area contributed by atoms with Crippen molar-refractivity contribution in [1.82, 2.24) is 4.98 Å². The van der Waals surface area contributed by atoms with Crippen LogP contribution in [0.1, 0.15) is 6.42 Å². The molecule has 2 heterocycles. The van der Waals surface area contributed by atoms with Crippen molar-refractivity contribution >= 4 is 29.0 Å². The summed E-state index contributed by atoms with van der Waals surface area (Å²) in [4.78, 5) is 6.29. The fourth-order valence-electron chi connectivity index (χ4n) is 1.62. The molecule has 0 radical (unpaired) electrons. The van der Waals surface area contributed by atoms with Gasteiger partial charge in [-0.3, -0.25) is 0 Å². The molecule has 0 amide bonds. The first kappa shape index (κ1) is 10.0. The van der Waals surface area contributed by atoms with Crippen LogP contribution in [-0.4, -0.2) is 24.1 Å². The zero-order valence-electron chi connectivity index (χ0n) is 7.58.